The summed E-state index contributed by atoms with van der Waals surface area (Å²) >= 11 is 3.49. The lowest BCUT2D eigenvalue weighted by atomic mass is 9.93. The molecular formula is C16H16BrNO2. The fourth-order valence-electron chi connectivity index (χ4n) is 2.52. The first-order chi connectivity index (χ1) is 9.67. The van der Waals surface area contributed by atoms with Crippen molar-refractivity contribution in [2.75, 3.05) is 7.11 Å². The van der Waals surface area contributed by atoms with Gasteiger partial charge < -0.3 is 15.2 Å². The molecule has 20 heavy (non-hydrogen) atoms. The first-order valence-electron chi connectivity index (χ1n) is 6.53. The van der Waals surface area contributed by atoms with Gasteiger partial charge in [0.1, 0.15) is 17.6 Å². The Balaban J connectivity index is 1.93. The van der Waals surface area contributed by atoms with E-state index in [0.29, 0.717) is 0 Å². The number of rotatable bonds is 2. The maximum absolute atomic E-state index is 6.29. The number of benzene rings is 2. The van der Waals surface area contributed by atoms with Gasteiger partial charge in [0.15, 0.2) is 0 Å². The van der Waals surface area contributed by atoms with E-state index in [1.165, 1.54) is 0 Å². The fraction of sp³-hybridized carbons (Fsp3) is 0.250. The summed E-state index contributed by atoms with van der Waals surface area (Å²) in [6.45, 7) is 0. The van der Waals surface area contributed by atoms with E-state index in [9.17, 15) is 0 Å². The molecule has 0 aromatic heterocycles. The fourth-order valence-corrected chi connectivity index (χ4v) is 2.94. The van der Waals surface area contributed by atoms with E-state index in [1.54, 1.807) is 7.11 Å². The zero-order valence-corrected chi connectivity index (χ0v) is 12.8. The van der Waals surface area contributed by atoms with Crippen molar-refractivity contribution in [3.8, 4) is 11.5 Å². The van der Waals surface area contributed by atoms with Crippen LogP contribution in [0.25, 0.3) is 0 Å². The molecule has 2 aromatic rings. The Labute approximate surface area is 126 Å². The van der Waals surface area contributed by atoms with Crippen LogP contribution in [0.3, 0.4) is 0 Å². The number of ether oxygens (including phenoxy) is 2. The van der Waals surface area contributed by atoms with E-state index in [0.717, 1.165) is 33.5 Å². The average molecular weight is 334 g/mol. The normalized spacial score (nSPS) is 20.9. The Hall–Kier alpha value is -1.52. The van der Waals surface area contributed by atoms with E-state index >= 15 is 0 Å². The third-order valence-electron chi connectivity index (χ3n) is 3.57. The number of methoxy groups -OCH3 is 1. The molecule has 4 heteroatoms. The van der Waals surface area contributed by atoms with Gasteiger partial charge in [0, 0.05) is 22.5 Å². The Morgan fingerprint density at radius 3 is 2.85 bits per heavy atom. The van der Waals surface area contributed by atoms with Crippen LogP contribution in [-0.2, 0) is 0 Å². The summed E-state index contributed by atoms with van der Waals surface area (Å²) in [6, 6.07) is 13.9. The van der Waals surface area contributed by atoms with Crippen molar-refractivity contribution in [1.82, 2.24) is 0 Å². The topological polar surface area (TPSA) is 44.5 Å². The predicted octanol–water partition coefficient (Wildman–Crippen LogP) is 3.98. The molecule has 2 atom stereocenters. The number of fused-ring (bicyclic) bond motifs is 1. The minimum Gasteiger partial charge on any atom is -0.497 e. The molecule has 0 saturated heterocycles. The first-order valence-corrected chi connectivity index (χ1v) is 7.32. The molecule has 0 radical (unpaired) electrons. The highest BCUT2D eigenvalue weighted by atomic mass is 79.9. The minimum atomic E-state index is -0.0437. The summed E-state index contributed by atoms with van der Waals surface area (Å²) in [4.78, 5) is 0. The molecule has 0 saturated carbocycles. The van der Waals surface area contributed by atoms with Gasteiger partial charge in [-0.25, -0.2) is 0 Å². The van der Waals surface area contributed by atoms with Crippen molar-refractivity contribution in [2.24, 2.45) is 5.73 Å². The monoisotopic (exact) mass is 333 g/mol. The van der Waals surface area contributed by atoms with Crippen molar-refractivity contribution in [3.63, 3.8) is 0 Å². The van der Waals surface area contributed by atoms with E-state index in [-0.39, 0.29) is 12.1 Å². The van der Waals surface area contributed by atoms with Gasteiger partial charge in [-0.15, -0.1) is 0 Å². The van der Waals surface area contributed by atoms with Crippen LogP contribution in [0.5, 0.6) is 11.5 Å². The molecular weight excluding hydrogens is 318 g/mol. The van der Waals surface area contributed by atoms with E-state index in [2.05, 4.69) is 28.1 Å². The number of hydrogen-bond donors (Lipinski definition) is 1. The van der Waals surface area contributed by atoms with Gasteiger partial charge in [0.05, 0.1) is 7.11 Å². The summed E-state index contributed by atoms with van der Waals surface area (Å²) in [5.74, 6) is 1.65. The molecule has 0 amide bonds. The van der Waals surface area contributed by atoms with Gasteiger partial charge in [-0.2, -0.15) is 0 Å². The van der Waals surface area contributed by atoms with Gasteiger partial charge in [-0.3, -0.25) is 0 Å². The largest absolute Gasteiger partial charge is 0.497 e. The molecule has 1 aliphatic rings. The Bertz CT molecular complexity index is 630. The predicted molar refractivity (Wildman–Crippen MR) is 82.1 cm³/mol. The zero-order chi connectivity index (χ0) is 14.1. The van der Waals surface area contributed by atoms with Crippen LogP contribution in [0.1, 0.15) is 29.7 Å². The lowest BCUT2D eigenvalue weighted by Gasteiger charge is -2.31. The van der Waals surface area contributed by atoms with Crippen molar-refractivity contribution < 1.29 is 9.47 Å². The van der Waals surface area contributed by atoms with Crippen LogP contribution in [-0.4, -0.2) is 7.11 Å². The van der Waals surface area contributed by atoms with E-state index in [1.807, 2.05) is 30.3 Å². The van der Waals surface area contributed by atoms with Crippen LogP contribution in [0.2, 0.25) is 0 Å². The SMILES string of the molecule is COc1ccc2c(c1)[C@@H](N)CC(c1cccc(Br)c1)O2. The molecule has 1 unspecified atom stereocenters. The number of hydrogen-bond acceptors (Lipinski definition) is 3. The highest BCUT2D eigenvalue weighted by Crippen LogP contribution is 2.41. The van der Waals surface area contributed by atoms with Gasteiger partial charge in [0.25, 0.3) is 0 Å². The number of nitrogens with two attached hydrogens (primary N) is 1. The maximum Gasteiger partial charge on any atom is 0.126 e. The molecule has 0 spiro atoms. The molecule has 0 bridgehead atoms. The van der Waals surface area contributed by atoms with E-state index in [4.69, 9.17) is 15.2 Å². The van der Waals surface area contributed by atoms with Crippen molar-refractivity contribution >= 4 is 15.9 Å². The summed E-state index contributed by atoms with van der Waals surface area (Å²) < 4.78 is 12.4. The van der Waals surface area contributed by atoms with Crippen LogP contribution >= 0.6 is 15.9 Å². The van der Waals surface area contributed by atoms with Crippen molar-refractivity contribution in [2.45, 2.75) is 18.6 Å². The highest BCUT2D eigenvalue weighted by molar-refractivity contribution is 9.10. The molecule has 0 aliphatic carbocycles. The third-order valence-corrected chi connectivity index (χ3v) is 4.07. The summed E-state index contributed by atoms with van der Waals surface area (Å²) in [5, 5.41) is 0. The molecule has 104 valence electrons. The smallest absolute Gasteiger partial charge is 0.126 e. The van der Waals surface area contributed by atoms with Crippen LogP contribution in [0, 0.1) is 0 Å². The molecule has 3 nitrogen and oxygen atoms in total. The zero-order valence-electron chi connectivity index (χ0n) is 11.2. The van der Waals surface area contributed by atoms with Gasteiger partial charge >= 0.3 is 0 Å². The lowest BCUT2D eigenvalue weighted by molar-refractivity contribution is 0.161. The van der Waals surface area contributed by atoms with Crippen LogP contribution in [0.15, 0.2) is 46.9 Å². The standard InChI is InChI=1S/C16H16BrNO2/c1-19-12-5-6-15-13(8-12)14(18)9-16(20-15)10-3-2-4-11(17)7-10/h2-8,14,16H,9,18H2,1H3/t14-,16?/m0/s1. The molecule has 1 heterocycles. The second kappa shape index (κ2) is 5.46. The second-order valence-electron chi connectivity index (χ2n) is 4.91. The van der Waals surface area contributed by atoms with E-state index < -0.39 is 0 Å². The molecule has 3 rings (SSSR count). The molecule has 0 fully saturated rings. The summed E-state index contributed by atoms with van der Waals surface area (Å²) in [5.41, 5.74) is 8.43. The molecule has 1 aliphatic heterocycles. The van der Waals surface area contributed by atoms with Crippen molar-refractivity contribution in [3.05, 3.63) is 58.1 Å². The number of halogens is 1. The maximum atomic E-state index is 6.29. The average Bonchev–Trinajstić information content (AvgIpc) is 2.47. The summed E-state index contributed by atoms with van der Waals surface area (Å²) in [7, 11) is 1.65. The van der Waals surface area contributed by atoms with Gasteiger partial charge in [-0.05, 0) is 35.9 Å². The van der Waals surface area contributed by atoms with Gasteiger partial charge in [-0.1, -0.05) is 28.1 Å². The highest BCUT2D eigenvalue weighted by Gasteiger charge is 2.27. The van der Waals surface area contributed by atoms with Crippen molar-refractivity contribution in [1.29, 1.82) is 0 Å². The Kier molecular flexibility index (Phi) is 3.68. The van der Waals surface area contributed by atoms with Crippen LogP contribution in [0.4, 0.5) is 0 Å². The van der Waals surface area contributed by atoms with Crippen LogP contribution < -0.4 is 15.2 Å². The first kappa shape index (κ1) is 13.5. The minimum absolute atomic E-state index is 0.0107. The third kappa shape index (κ3) is 2.53. The Morgan fingerprint density at radius 1 is 1.25 bits per heavy atom. The Morgan fingerprint density at radius 2 is 2.10 bits per heavy atom. The molecule has 2 N–H and O–H groups in total. The second-order valence-corrected chi connectivity index (χ2v) is 5.82. The molecule has 2 aromatic carbocycles. The quantitative estimate of drug-likeness (QED) is 0.903. The van der Waals surface area contributed by atoms with Gasteiger partial charge in [0.2, 0.25) is 0 Å². The lowest BCUT2D eigenvalue weighted by Crippen LogP contribution is -2.24. The summed E-state index contributed by atoms with van der Waals surface area (Å²) in [6.07, 6.45) is 0.750.